The summed E-state index contributed by atoms with van der Waals surface area (Å²) in [4.78, 5) is 24.0. The van der Waals surface area contributed by atoms with Crippen molar-refractivity contribution in [1.82, 2.24) is 5.32 Å². The van der Waals surface area contributed by atoms with E-state index in [9.17, 15) is 14.7 Å². The molecule has 0 aliphatic carbocycles. The van der Waals surface area contributed by atoms with E-state index in [1.54, 1.807) is 24.3 Å². The minimum atomic E-state index is -1.15. The average Bonchev–Trinajstić information content (AvgIpc) is 2.81. The van der Waals surface area contributed by atoms with Gasteiger partial charge in [0.2, 0.25) is 0 Å². The molecule has 0 fully saturated rings. The molecular formula is C27H33NO4. The number of hydrogen-bond acceptors (Lipinski definition) is 4. The van der Waals surface area contributed by atoms with Gasteiger partial charge in [-0.1, -0.05) is 56.6 Å². The van der Waals surface area contributed by atoms with Gasteiger partial charge >= 0.3 is 0 Å². The molecule has 0 unspecified atom stereocenters. The normalized spacial score (nSPS) is 12.4. The molecule has 2 aromatic rings. The summed E-state index contributed by atoms with van der Waals surface area (Å²) in [6.07, 6.45) is 6.38. The first-order valence-corrected chi connectivity index (χ1v) is 11.3. The van der Waals surface area contributed by atoms with Crippen LogP contribution in [0.3, 0.4) is 0 Å². The monoisotopic (exact) mass is 435 g/mol. The summed E-state index contributed by atoms with van der Waals surface area (Å²) in [7, 11) is 0. The number of ketones is 1. The summed E-state index contributed by atoms with van der Waals surface area (Å²) in [5.74, 6) is 5.09. The number of rotatable bonds is 11. The number of Topliss-reactive ketones (excluding diaryl/α,β-unsaturated/α-hetero) is 1. The highest BCUT2D eigenvalue weighted by Crippen LogP contribution is 2.11. The Hall–Kier alpha value is -2.94. The van der Waals surface area contributed by atoms with E-state index in [1.165, 1.54) is 44.6 Å². The van der Waals surface area contributed by atoms with E-state index in [2.05, 4.69) is 36.2 Å². The zero-order valence-corrected chi connectivity index (χ0v) is 18.9. The van der Waals surface area contributed by atoms with Gasteiger partial charge in [-0.3, -0.25) is 9.59 Å². The second-order valence-corrected chi connectivity index (χ2v) is 8.00. The number of aryl methyl sites for hydroxylation is 1. The van der Waals surface area contributed by atoms with E-state index in [-0.39, 0.29) is 0 Å². The fourth-order valence-electron chi connectivity index (χ4n) is 3.33. The first-order chi connectivity index (χ1) is 15.4. The standard InChI is InChI=1S/C27H33NO4/c1-3-4-5-6-7-8-21-9-11-22(12-10-21)13-14-23-15-17-24(18-16-23)27(32)28-26(20(2)30)25(31)19-29/h9-12,15-18,20,26,29-30H,3-8,19H2,1-2H3,(H,28,32)/t20-,26+/m1/s1. The van der Waals surface area contributed by atoms with Gasteiger partial charge in [0, 0.05) is 16.7 Å². The maximum absolute atomic E-state index is 12.3. The fourth-order valence-corrected chi connectivity index (χ4v) is 3.33. The first-order valence-electron chi connectivity index (χ1n) is 11.3. The lowest BCUT2D eigenvalue weighted by Gasteiger charge is -2.19. The molecule has 5 nitrogen and oxygen atoms in total. The van der Waals surface area contributed by atoms with E-state index in [0.717, 1.165) is 17.5 Å². The van der Waals surface area contributed by atoms with E-state index >= 15 is 0 Å². The molecule has 2 aromatic carbocycles. The topological polar surface area (TPSA) is 86.6 Å². The van der Waals surface area contributed by atoms with Crippen LogP contribution >= 0.6 is 0 Å². The fraction of sp³-hybridized carbons (Fsp3) is 0.407. The van der Waals surface area contributed by atoms with Gasteiger partial charge in [0.15, 0.2) is 5.78 Å². The third-order valence-electron chi connectivity index (χ3n) is 5.29. The van der Waals surface area contributed by atoms with Crippen molar-refractivity contribution in [2.75, 3.05) is 6.61 Å². The quantitative estimate of drug-likeness (QED) is 0.372. The lowest BCUT2D eigenvalue weighted by atomic mass is 10.0. The Balaban J connectivity index is 1.93. The van der Waals surface area contributed by atoms with Crippen LogP contribution in [0.2, 0.25) is 0 Å². The summed E-state index contributed by atoms with van der Waals surface area (Å²) in [6, 6.07) is 13.9. The molecule has 1 amide bonds. The van der Waals surface area contributed by atoms with Crippen LogP contribution in [0.15, 0.2) is 48.5 Å². The van der Waals surface area contributed by atoms with Gasteiger partial charge < -0.3 is 15.5 Å². The van der Waals surface area contributed by atoms with Crippen LogP contribution in [0.1, 0.15) is 73.0 Å². The van der Waals surface area contributed by atoms with Gasteiger partial charge in [0.05, 0.1) is 6.10 Å². The van der Waals surface area contributed by atoms with Crippen LogP contribution in [-0.4, -0.2) is 40.7 Å². The molecule has 0 aliphatic heterocycles. The van der Waals surface area contributed by atoms with Crippen LogP contribution in [0.25, 0.3) is 0 Å². The van der Waals surface area contributed by atoms with E-state index < -0.39 is 30.4 Å². The SMILES string of the molecule is CCCCCCCc1ccc(C#Cc2ccc(C(=O)N[C@H](C(=O)CO)[C@@H](C)O)cc2)cc1. The molecule has 0 aliphatic rings. The van der Waals surface area contributed by atoms with Gasteiger partial charge in [-0.15, -0.1) is 0 Å². The number of carbonyl (C=O) groups excluding carboxylic acids is 2. The Bertz CT molecular complexity index is 921. The van der Waals surface area contributed by atoms with Crippen molar-refractivity contribution in [3.8, 4) is 11.8 Å². The van der Waals surface area contributed by atoms with Crippen LogP contribution in [0.4, 0.5) is 0 Å². The second kappa shape index (κ2) is 13.5. The molecular weight excluding hydrogens is 402 g/mol. The maximum Gasteiger partial charge on any atom is 0.251 e. The summed E-state index contributed by atoms with van der Waals surface area (Å²) >= 11 is 0. The van der Waals surface area contributed by atoms with Crippen molar-refractivity contribution in [3.05, 3.63) is 70.8 Å². The van der Waals surface area contributed by atoms with Gasteiger partial charge in [-0.25, -0.2) is 0 Å². The number of unbranched alkanes of at least 4 members (excludes halogenated alkanes) is 4. The number of carbonyl (C=O) groups is 2. The highest BCUT2D eigenvalue weighted by molar-refractivity contribution is 5.98. The number of amides is 1. The predicted molar refractivity (Wildman–Crippen MR) is 126 cm³/mol. The Kier molecular flexibility index (Phi) is 10.7. The summed E-state index contributed by atoms with van der Waals surface area (Å²) < 4.78 is 0. The van der Waals surface area contributed by atoms with Gasteiger partial charge in [-0.2, -0.15) is 0 Å². The molecule has 5 heteroatoms. The maximum atomic E-state index is 12.3. The molecule has 2 rings (SSSR count). The highest BCUT2D eigenvalue weighted by atomic mass is 16.3. The summed E-state index contributed by atoms with van der Waals surface area (Å²) in [5.41, 5.74) is 3.37. The summed E-state index contributed by atoms with van der Waals surface area (Å²) in [6.45, 7) is 2.87. The number of nitrogens with one attached hydrogen (secondary N) is 1. The Morgan fingerprint density at radius 3 is 2.00 bits per heavy atom. The Labute approximate surface area is 190 Å². The number of aliphatic hydroxyl groups is 2. The molecule has 0 bridgehead atoms. The molecule has 0 spiro atoms. The number of hydrogen-bond donors (Lipinski definition) is 3. The zero-order valence-electron chi connectivity index (χ0n) is 18.9. The molecule has 3 N–H and O–H groups in total. The van der Waals surface area contributed by atoms with E-state index in [1.807, 2.05) is 12.1 Å². The largest absolute Gasteiger partial charge is 0.391 e. The van der Waals surface area contributed by atoms with E-state index in [0.29, 0.717) is 5.56 Å². The van der Waals surface area contributed by atoms with Crippen LogP contribution < -0.4 is 5.32 Å². The second-order valence-electron chi connectivity index (χ2n) is 8.00. The Morgan fingerprint density at radius 1 is 0.906 bits per heavy atom. The highest BCUT2D eigenvalue weighted by Gasteiger charge is 2.25. The molecule has 0 saturated heterocycles. The van der Waals surface area contributed by atoms with Crippen molar-refractivity contribution >= 4 is 11.7 Å². The third-order valence-corrected chi connectivity index (χ3v) is 5.29. The average molecular weight is 436 g/mol. The van der Waals surface area contributed by atoms with Crippen LogP contribution in [-0.2, 0) is 11.2 Å². The van der Waals surface area contributed by atoms with Gasteiger partial charge in [-0.05, 0) is 61.7 Å². The minimum absolute atomic E-state index is 0.343. The van der Waals surface area contributed by atoms with Crippen LogP contribution in [0, 0.1) is 11.8 Å². The van der Waals surface area contributed by atoms with E-state index in [4.69, 9.17) is 5.11 Å². The number of aliphatic hydroxyl groups excluding tert-OH is 2. The predicted octanol–water partition coefficient (Wildman–Crippen LogP) is 3.64. The smallest absolute Gasteiger partial charge is 0.251 e. The number of benzene rings is 2. The molecule has 0 radical (unpaired) electrons. The van der Waals surface area contributed by atoms with Crippen molar-refractivity contribution in [1.29, 1.82) is 0 Å². The molecule has 0 heterocycles. The minimum Gasteiger partial charge on any atom is -0.391 e. The summed E-state index contributed by atoms with van der Waals surface area (Å²) in [5, 5.41) is 21.1. The van der Waals surface area contributed by atoms with Gasteiger partial charge in [0.25, 0.3) is 5.91 Å². The van der Waals surface area contributed by atoms with Crippen molar-refractivity contribution in [2.45, 2.75) is 64.5 Å². The van der Waals surface area contributed by atoms with Crippen molar-refractivity contribution in [2.24, 2.45) is 0 Å². The van der Waals surface area contributed by atoms with Gasteiger partial charge in [0.1, 0.15) is 12.6 Å². The molecule has 0 saturated carbocycles. The zero-order chi connectivity index (χ0) is 23.3. The third kappa shape index (κ3) is 8.30. The molecule has 32 heavy (non-hydrogen) atoms. The molecule has 2 atom stereocenters. The lowest BCUT2D eigenvalue weighted by Crippen LogP contribution is -2.48. The van der Waals surface area contributed by atoms with Crippen LogP contribution in [0.5, 0.6) is 0 Å². The van der Waals surface area contributed by atoms with Crippen molar-refractivity contribution < 1.29 is 19.8 Å². The lowest BCUT2D eigenvalue weighted by molar-refractivity contribution is -0.125. The molecule has 0 aromatic heterocycles. The first kappa shape index (κ1) is 25.3. The Morgan fingerprint density at radius 2 is 1.47 bits per heavy atom. The van der Waals surface area contributed by atoms with Crippen molar-refractivity contribution in [3.63, 3.8) is 0 Å². The molecule has 170 valence electrons.